The van der Waals surface area contributed by atoms with Crippen molar-refractivity contribution in [1.29, 1.82) is 0 Å². The van der Waals surface area contributed by atoms with Crippen LogP contribution in [0.4, 0.5) is 24.5 Å². The Bertz CT molecular complexity index is 1290. The number of nitrogens with two attached hydrogens (primary N) is 4. The van der Waals surface area contributed by atoms with Crippen LogP contribution >= 0.6 is 0 Å². The van der Waals surface area contributed by atoms with Crippen molar-refractivity contribution < 1.29 is 42.2 Å². The molecule has 0 aromatic heterocycles. The van der Waals surface area contributed by atoms with E-state index in [0.717, 1.165) is 54.2 Å². The van der Waals surface area contributed by atoms with Crippen molar-refractivity contribution in [3.05, 3.63) is 96.3 Å². The summed E-state index contributed by atoms with van der Waals surface area (Å²) in [5.74, 6) is 14.1. The molecule has 3 aromatic carbocycles. The zero-order valence-electron chi connectivity index (χ0n) is 27.4. The van der Waals surface area contributed by atoms with E-state index in [1.54, 1.807) is 12.4 Å². The number of alkyl halides is 3. The SMILES string of the molecule is COOC(F)(F)F.C[NH+](C)CCOc1ccc(N(N)/C=C(\N)c2ccc(/C(N)=C/N(N)c3ccc(OCC[NH+](C)C)cc3)cc2)cc1. The van der Waals surface area contributed by atoms with Crippen LogP contribution < -0.4 is 52.4 Å². The fourth-order valence-electron chi connectivity index (χ4n) is 3.72. The van der Waals surface area contributed by atoms with E-state index in [1.807, 2.05) is 72.8 Å². The highest BCUT2D eigenvalue weighted by Crippen LogP contribution is 2.22. The van der Waals surface area contributed by atoms with Gasteiger partial charge in [-0.05, 0) is 59.7 Å². The first kappa shape index (κ1) is 38.7. The number of rotatable bonds is 15. The van der Waals surface area contributed by atoms with Crippen LogP contribution in [0.2, 0.25) is 0 Å². The van der Waals surface area contributed by atoms with Crippen molar-refractivity contribution >= 4 is 22.8 Å². The van der Waals surface area contributed by atoms with Crippen LogP contribution in [0.25, 0.3) is 11.4 Å². The molecular formula is C32H47F3N8O4+2. The first-order chi connectivity index (χ1) is 22.2. The Balaban J connectivity index is 0.000000984. The fraction of sp³-hybridized carbons (Fsp3) is 0.312. The summed E-state index contributed by atoms with van der Waals surface area (Å²) in [7, 11) is 9.15. The molecule has 0 aliphatic heterocycles. The quantitative estimate of drug-likeness (QED) is 0.0790. The zero-order valence-corrected chi connectivity index (χ0v) is 27.4. The number of hydrazine groups is 2. The van der Waals surface area contributed by atoms with E-state index in [-0.39, 0.29) is 0 Å². The maximum atomic E-state index is 10.7. The third kappa shape index (κ3) is 15.1. The number of halogens is 3. The predicted octanol–water partition coefficient (Wildman–Crippen LogP) is 1.09. The second kappa shape index (κ2) is 19.2. The molecule has 0 aliphatic carbocycles. The maximum absolute atomic E-state index is 10.7. The van der Waals surface area contributed by atoms with Gasteiger partial charge in [0.25, 0.3) is 0 Å². The van der Waals surface area contributed by atoms with Gasteiger partial charge in [0, 0.05) is 12.4 Å². The number of nitrogens with one attached hydrogen (secondary N) is 2. The van der Waals surface area contributed by atoms with Crippen LogP contribution in [0.3, 0.4) is 0 Å². The lowest BCUT2D eigenvalue weighted by molar-refractivity contribution is -0.858. The molecule has 0 fully saturated rings. The molecule has 0 unspecified atom stereocenters. The Hall–Kier alpha value is -4.51. The summed E-state index contributed by atoms with van der Waals surface area (Å²) in [5, 5.41) is 2.97. The van der Waals surface area contributed by atoms with E-state index in [0.29, 0.717) is 24.6 Å². The first-order valence-electron chi connectivity index (χ1n) is 14.6. The van der Waals surface area contributed by atoms with Crippen molar-refractivity contribution in [3.8, 4) is 11.5 Å². The number of hydrogen-bond acceptors (Lipinski definition) is 10. The Morgan fingerprint density at radius 3 is 1.26 bits per heavy atom. The molecule has 258 valence electrons. The van der Waals surface area contributed by atoms with Gasteiger partial charge in [-0.3, -0.25) is 10.0 Å². The van der Waals surface area contributed by atoms with E-state index in [1.165, 1.54) is 19.8 Å². The number of benzene rings is 3. The minimum absolute atomic E-state index is 0.514. The van der Waals surface area contributed by atoms with Gasteiger partial charge < -0.3 is 30.7 Å². The van der Waals surface area contributed by atoms with Crippen LogP contribution in [0.15, 0.2) is 85.2 Å². The van der Waals surface area contributed by atoms with Gasteiger partial charge in [0.05, 0.1) is 58.1 Å². The van der Waals surface area contributed by atoms with Gasteiger partial charge in [0.2, 0.25) is 0 Å². The molecule has 47 heavy (non-hydrogen) atoms. The second-order valence-electron chi connectivity index (χ2n) is 10.9. The lowest BCUT2D eigenvalue weighted by Crippen LogP contribution is -3.06. The Labute approximate surface area is 274 Å². The first-order valence-corrected chi connectivity index (χ1v) is 14.6. The Morgan fingerprint density at radius 1 is 0.660 bits per heavy atom. The van der Waals surface area contributed by atoms with E-state index in [9.17, 15) is 13.2 Å². The molecule has 0 atom stereocenters. The molecule has 15 heteroatoms. The molecule has 0 bridgehead atoms. The normalized spacial score (nSPS) is 12.1. The number of ether oxygens (including phenoxy) is 2. The van der Waals surface area contributed by atoms with E-state index in [4.69, 9.17) is 32.6 Å². The fourth-order valence-corrected chi connectivity index (χ4v) is 3.72. The maximum Gasteiger partial charge on any atom is 0.549 e. The minimum Gasteiger partial charge on any atom is -0.488 e. The molecule has 0 spiro atoms. The number of likely N-dealkylation sites (N-methyl/N-ethyl adjacent to an activating group) is 2. The van der Waals surface area contributed by atoms with Gasteiger partial charge >= 0.3 is 6.36 Å². The van der Waals surface area contributed by atoms with Crippen molar-refractivity contribution in [1.82, 2.24) is 0 Å². The molecule has 0 heterocycles. The number of hydrogen-bond donors (Lipinski definition) is 6. The molecule has 0 aliphatic rings. The average molecular weight is 665 g/mol. The van der Waals surface area contributed by atoms with Crippen molar-refractivity contribution in [2.24, 2.45) is 23.2 Å². The molecule has 12 nitrogen and oxygen atoms in total. The Morgan fingerprint density at radius 2 is 1.00 bits per heavy atom. The van der Waals surface area contributed by atoms with Crippen molar-refractivity contribution in [2.45, 2.75) is 6.36 Å². The summed E-state index contributed by atoms with van der Waals surface area (Å²) in [6, 6.07) is 22.7. The lowest BCUT2D eigenvalue weighted by Gasteiger charge is -2.17. The molecule has 3 aromatic rings. The number of nitrogens with zero attached hydrogens (tertiary/aromatic N) is 2. The van der Waals surface area contributed by atoms with Crippen LogP contribution in [0.1, 0.15) is 11.1 Å². The molecule has 0 radical (unpaired) electrons. The monoisotopic (exact) mass is 664 g/mol. The van der Waals surface area contributed by atoms with Crippen LogP contribution in [-0.2, 0) is 9.78 Å². The van der Waals surface area contributed by atoms with Gasteiger partial charge in [-0.2, -0.15) is 0 Å². The molecular weight excluding hydrogens is 617 g/mol. The van der Waals surface area contributed by atoms with Crippen LogP contribution in [0, 0.1) is 0 Å². The minimum atomic E-state index is -4.67. The Kier molecular flexibility index (Phi) is 15.8. The summed E-state index contributed by atoms with van der Waals surface area (Å²) in [6.07, 6.45) is -1.32. The largest absolute Gasteiger partial charge is 0.549 e. The topological polar surface area (TPSA) is 156 Å². The van der Waals surface area contributed by atoms with E-state index >= 15 is 0 Å². The smallest absolute Gasteiger partial charge is 0.488 e. The summed E-state index contributed by atoms with van der Waals surface area (Å²) in [6.45, 7) is 3.16. The average Bonchev–Trinajstić information content (AvgIpc) is 3.01. The van der Waals surface area contributed by atoms with Crippen LogP contribution in [0.5, 0.6) is 11.5 Å². The number of quaternary nitrogens is 2. The van der Waals surface area contributed by atoms with Gasteiger partial charge in [-0.25, -0.2) is 16.6 Å². The summed E-state index contributed by atoms with van der Waals surface area (Å²) < 4.78 is 43.6. The zero-order chi connectivity index (χ0) is 35.0. The summed E-state index contributed by atoms with van der Waals surface area (Å²) in [4.78, 5) is 8.68. The molecule has 0 saturated carbocycles. The van der Waals surface area contributed by atoms with Crippen molar-refractivity contribution in [2.75, 3.05) is 71.6 Å². The standard InChI is InChI=1S/C30H42N8O2.C2H3F3O2/c1-35(2)17-19-39-27-13-9-25(10-14-27)37(33)21-29(31)23-5-7-24(8-6-23)30(32)22-38(34)26-11-15-28(16-12-26)40-20-18-36(3)4;1-6-7-2(3,4)5/h5-16,21-22H,17-20,31-34H2,1-4H3;1H3/p+2/b29-21-,30-22-;. The van der Waals surface area contributed by atoms with Gasteiger partial charge in [-0.1, -0.05) is 24.3 Å². The van der Waals surface area contributed by atoms with E-state index in [2.05, 4.69) is 38.0 Å². The molecule has 10 N–H and O–H groups in total. The number of anilines is 2. The summed E-state index contributed by atoms with van der Waals surface area (Å²) in [5.41, 5.74) is 16.9. The molecule has 0 amide bonds. The summed E-state index contributed by atoms with van der Waals surface area (Å²) >= 11 is 0. The molecule has 3 rings (SSSR count). The highest BCUT2D eigenvalue weighted by Gasteiger charge is 2.30. The second-order valence-corrected chi connectivity index (χ2v) is 10.9. The van der Waals surface area contributed by atoms with E-state index < -0.39 is 6.36 Å². The van der Waals surface area contributed by atoms with Gasteiger partial charge in [-0.15, -0.1) is 18.1 Å². The molecule has 0 saturated heterocycles. The van der Waals surface area contributed by atoms with Crippen molar-refractivity contribution in [3.63, 3.8) is 0 Å². The highest BCUT2D eigenvalue weighted by molar-refractivity contribution is 5.71. The van der Waals surface area contributed by atoms with Gasteiger partial charge in [0.15, 0.2) is 0 Å². The van der Waals surface area contributed by atoms with Crippen LogP contribution in [-0.4, -0.2) is 68.0 Å². The van der Waals surface area contributed by atoms with Gasteiger partial charge in [0.1, 0.15) is 37.8 Å². The predicted molar refractivity (Wildman–Crippen MR) is 177 cm³/mol. The third-order valence-electron chi connectivity index (χ3n) is 6.30. The third-order valence-corrected chi connectivity index (χ3v) is 6.30. The highest BCUT2D eigenvalue weighted by atomic mass is 19.4. The lowest BCUT2D eigenvalue weighted by atomic mass is 10.1.